The first-order valence-electron chi connectivity index (χ1n) is 7.59. The van der Waals surface area contributed by atoms with Crippen molar-refractivity contribution in [3.63, 3.8) is 0 Å². The van der Waals surface area contributed by atoms with Gasteiger partial charge in [0.05, 0.1) is 13.0 Å². The summed E-state index contributed by atoms with van der Waals surface area (Å²) in [6.07, 6.45) is 1.61. The first-order valence-corrected chi connectivity index (χ1v) is 7.59. The highest BCUT2D eigenvalue weighted by Gasteiger charge is 2.37. The van der Waals surface area contributed by atoms with Crippen LogP contribution in [0.15, 0.2) is 12.1 Å². The van der Waals surface area contributed by atoms with Crippen molar-refractivity contribution in [2.45, 2.75) is 40.0 Å². The summed E-state index contributed by atoms with van der Waals surface area (Å²) < 4.78 is 4.72. The minimum atomic E-state index is -0.425. The Hall–Kier alpha value is -1.97. The molecule has 4 nitrogen and oxygen atoms in total. The highest BCUT2D eigenvalue weighted by Crippen LogP contribution is 2.33. The lowest BCUT2D eigenvalue weighted by atomic mass is 9.89. The van der Waals surface area contributed by atoms with Gasteiger partial charge in [0, 0.05) is 11.5 Å². The van der Waals surface area contributed by atoms with Crippen LogP contribution in [0.1, 0.15) is 46.3 Å². The molecule has 0 aliphatic heterocycles. The fraction of sp³-hybridized carbons (Fsp3) is 0.500. The minimum absolute atomic E-state index is 0.257. The number of rotatable bonds is 4. The Kier molecular flexibility index (Phi) is 4.79. The second-order valence-corrected chi connectivity index (χ2v) is 6.20. The zero-order chi connectivity index (χ0) is 16.4. The van der Waals surface area contributed by atoms with Gasteiger partial charge in [-0.05, 0) is 51.2 Å². The van der Waals surface area contributed by atoms with Gasteiger partial charge in [-0.2, -0.15) is 0 Å². The van der Waals surface area contributed by atoms with Crippen LogP contribution >= 0.6 is 0 Å². The van der Waals surface area contributed by atoms with Crippen LogP contribution in [0.3, 0.4) is 0 Å². The highest BCUT2D eigenvalue weighted by molar-refractivity contribution is 6.45. The molecule has 22 heavy (non-hydrogen) atoms. The molecule has 1 aromatic carbocycles. The maximum atomic E-state index is 12.6. The summed E-state index contributed by atoms with van der Waals surface area (Å²) in [4.78, 5) is 36.6. The van der Waals surface area contributed by atoms with Crippen molar-refractivity contribution in [1.29, 1.82) is 0 Å². The van der Waals surface area contributed by atoms with Crippen molar-refractivity contribution in [2.75, 3.05) is 7.11 Å². The molecule has 2 rings (SSSR count). The van der Waals surface area contributed by atoms with Gasteiger partial charge in [-0.15, -0.1) is 0 Å². The van der Waals surface area contributed by atoms with E-state index in [9.17, 15) is 14.4 Å². The summed E-state index contributed by atoms with van der Waals surface area (Å²) >= 11 is 0. The molecule has 0 amide bonds. The van der Waals surface area contributed by atoms with E-state index in [2.05, 4.69) is 0 Å². The predicted molar refractivity (Wildman–Crippen MR) is 82.8 cm³/mol. The van der Waals surface area contributed by atoms with E-state index in [1.807, 2.05) is 32.9 Å². The molecule has 0 N–H and O–H groups in total. The molecule has 1 aromatic rings. The Morgan fingerprint density at radius 3 is 2.09 bits per heavy atom. The quantitative estimate of drug-likeness (QED) is 0.487. The number of ether oxygens (including phenoxy) is 1. The zero-order valence-electron chi connectivity index (χ0n) is 13.6. The Balaban J connectivity index is 2.18. The van der Waals surface area contributed by atoms with E-state index in [-0.39, 0.29) is 23.6 Å². The molecule has 1 aliphatic rings. The van der Waals surface area contributed by atoms with E-state index < -0.39 is 5.78 Å². The number of ketones is 2. The molecule has 0 saturated heterocycles. The number of benzene rings is 1. The number of carbonyl (C=O) groups excluding carboxylic acids is 3. The second-order valence-electron chi connectivity index (χ2n) is 6.20. The maximum Gasteiger partial charge on any atom is 0.308 e. The molecule has 0 spiro atoms. The van der Waals surface area contributed by atoms with Crippen molar-refractivity contribution in [3.05, 3.63) is 34.4 Å². The summed E-state index contributed by atoms with van der Waals surface area (Å²) in [5.74, 6) is -1.71. The zero-order valence-corrected chi connectivity index (χ0v) is 13.6. The normalized spacial score (nSPS) is 20.7. The standard InChI is InChI=1S/C18H22O4/c1-10-7-11(2)15(12(3)8-10)17(20)16(19)13-5-6-14(9-13)18(21)22-4/h7-8,13-14H,5-6,9H2,1-4H3. The minimum Gasteiger partial charge on any atom is -0.469 e. The summed E-state index contributed by atoms with van der Waals surface area (Å²) in [5.41, 5.74) is 3.25. The third-order valence-electron chi connectivity index (χ3n) is 4.47. The van der Waals surface area contributed by atoms with Crippen LogP contribution in [0.25, 0.3) is 0 Å². The predicted octanol–water partition coefficient (Wildman–Crippen LogP) is 2.95. The number of Topliss-reactive ketones (excluding diaryl/α,β-unsaturated/α-hetero) is 2. The fourth-order valence-corrected chi connectivity index (χ4v) is 3.45. The van der Waals surface area contributed by atoms with Gasteiger partial charge < -0.3 is 4.74 Å². The number of aryl methyl sites for hydroxylation is 3. The van der Waals surface area contributed by atoms with E-state index >= 15 is 0 Å². The van der Waals surface area contributed by atoms with Gasteiger partial charge in [-0.25, -0.2) is 0 Å². The third-order valence-corrected chi connectivity index (χ3v) is 4.47. The number of hydrogen-bond donors (Lipinski definition) is 0. The van der Waals surface area contributed by atoms with E-state index in [0.717, 1.165) is 16.7 Å². The van der Waals surface area contributed by atoms with Crippen molar-refractivity contribution in [3.8, 4) is 0 Å². The molecule has 0 bridgehead atoms. The topological polar surface area (TPSA) is 60.4 Å². The van der Waals surface area contributed by atoms with E-state index in [1.165, 1.54) is 7.11 Å². The van der Waals surface area contributed by atoms with Crippen molar-refractivity contribution in [2.24, 2.45) is 11.8 Å². The molecular weight excluding hydrogens is 280 g/mol. The molecule has 4 heteroatoms. The number of methoxy groups -OCH3 is 1. The highest BCUT2D eigenvalue weighted by atomic mass is 16.5. The third kappa shape index (κ3) is 3.11. The van der Waals surface area contributed by atoms with Crippen LogP contribution in [0, 0.1) is 32.6 Å². The van der Waals surface area contributed by atoms with E-state index in [1.54, 1.807) is 0 Å². The van der Waals surface area contributed by atoms with E-state index in [0.29, 0.717) is 24.8 Å². The maximum absolute atomic E-state index is 12.6. The van der Waals surface area contributed by atoms with Crippen LogP contribution in [-0.2, 0) is 14.3 Å². The van der Waals surface area contributed by atoms with Crippen LogP contribution in [0.4, 0.5) is 0 Å². The Labute approximate surface area is 130 Å². The summed E-state index contributed by atoms with van der Waals surface area (Å²) in [5, 5.41) is 0. The molecule has 2 unspecified atom stereocenters. The molecule has 0 radical (unpaired) electrons. The smallest absolute Gasteiger partial charge is 0.308 e. The average molecular weight is 302 g/mol. The lowest BCUT2D eigenvalue weighted by Crippen LogP contribution is -2.24. The van der Waals surface area contributed by atoms with Crippen molar-refractivity contribution < 1.29 is 19.1 Å². The van der Waals surface area contributed by atoms with E-state index in [4.69, 9.17) is 4.74 Å². The first kappa shape index (κ1) is 16.4. The Bertz CT molecular complexity index is 607. The summed E-state index contributed by atoms with van der Waals surface area (Å²) in [6.45, 7) is 5.67. The second kappa shape index (κ2) is 6.42. The number of carbonyl (C=O) groups is 3. The largest absolute Gasteiger partial charge is 0.469 e. The molecule has 118 valence electrons. The van der Waals surface area contributed by atoms with Crippen molar-refractivity contribution in [1.82, 2.24) is 0 Å². The first-order chi connectivity index (χ1) is 10.3. The fourth-order valence-electron chi connectivity index (χ4n) is 3.45. The lowest BCUT2D eigenvalue weighted by molar-refractivity contribution is -0.145. The molecule has 1 saturated carbocycles. The van der Waals surface area contributed by atoms with Crippen LogP contribution in [0.5, 0.6) is 0 Å². The van der Waals surface area contributed by atoms with Gasteiger partial charge in [0.25, 0.3) is 0 Å². The SMILES string of the molecule is COC(=O)C1CCC(C(=O)C(=O)c2c(C)cc(C)cc2C)C1. The van der Waals surface area contributed by atoms with Gasteiger partial charge >= 0.3 is 5.97 Å². The lowest BCUT2D eigenvalue weighted by Gasteiger charge is -2.12. The molecule has 0 heterocycles. The number of hydrogen-bond acceptors (Lipinski definition) is 4. The van der Waals surface area contributed by atoms with Crippen LogP contribution in [0.2, 0.25) is 0 Å². The van der Waals surface area contributed by atoms with Crippen molar-refractivity contribution >= 4 is 17.5 Å². The summed E-state index contributed by atoms with van der Waals surface area (Å²) in [6, 6.07) is 3.83. The van der Waals surface area contributed by atoms with Crippen LogP contribution < -0.4 is 0 Å². The monoisotopic (exact) mass is 302 g/mol. The molecule has 2 atom stereocenters. The Morgan fingerprint density at radius 2 is 1.55 bits per heavy atom. The molecular formula is C18H22O4. The molecule has 0 aromatic heterocycles. The summed E-state index contributed by atoms with van der Waals surface area (Å²) in [7, 11) is 1.35. The van der Waals surface area contributed by atoms with Gasteiger partial charge in [0.15, 0.2) is 0 Å². The van der Waals surface area contributed by atoms with Gasteiger partial charge in [0.1, 0.15) is 0 Å². The van der Waals surface area contributed by atoms with Crippen LogP contribution in [-0.4, -0.2) is 24.6 Å². The van der Waals surface area contributed by atoms with Gasteiger partial charge in [-0.3, -0.25) is 14.4 Å². The van der Waals surface area contributed by atoms with Gasteiger partial charge in [-0.1, -0.05) is 17.7 Å². The number of esters is 1. The Morgan fingerprint density at radius 1 is 1.00 bits per heavy atom. The molecule has 1 aliphatic carbocycles. The average Bonchev–Trinajstić information content (AvgIpc) is 2.94. The van der Waals surface area contributed by atoms with Gasteiger partial charge in [0.2, 0.25) is 11.6 Å². The molecule has 1 fully saturated rings.